The molecule has 0 atom stereocenters. The Hall–Kier alpha value is -2.85. The molecule has 102 valence electrons. The van der Waals surface area contributed by atoms with E-state index in [0.717, 1.165) is 30.5 Å². The molecule has 1 N–H and O–H groups in total. The highest BCUT2D eigenvalue weighted by Crippen LogP contribution is 2.25. The number of nitriles is 2. The quantitative estimate of drug-likeness (QED) is 0.934. The summed E-state index contributed by atoms with van der Waals surface area (Å²) < 4.78 is 0. The predicted octanol–water partition coefficient (Wildman–Crippen LogP) is 2.93. The fraction of sp³-hybridized carbons (Fsp3) is 0.235. The zero-order chi connectivity index (χ0) is 14.7. The molecule has 21 heavy (non-hydrogen) atoms. The second kappa shape index (κ2) is 5.64. The number of pyridine rings is 1. The van der Waals surface area contributed by atoms with Gasteiger partial charge in [0, 0.05) is 12.2 Å². The third-order valence-corrected chi connectivity index (χ3v) is 3.69. The summed E-state index contributed by atoms with van der Waals surface area (Å²) in [6.07, 6.45) is 3.11. The molecule has 0 spiro atoms. The van der Waals surface area contributed by atoms with Crippen molar-refractivity contribution >= 4 is 5.82 Å². The lowest BCUT2D eigenvalue weighted by molar-refractivity contribution is 0.899. The second-order valence-corrected chi connectivity index (χ2v) is 5.12. The first-order valence-corrected chi connectivity index (χ1v) is 6.96. The summed E-state index contributed by atoms with van der Waals surface area (Å²) >= 11 is 0. The van der Waals surface area contributed by atoms with Crippen molar-refractivity contribution in [1.29, 1.82) is 10.5 Å². The molecule has 0 saturated heterocycles. The fourth-order valence-corrected chi connectivity index (χ4v) is 2.63. The average molecular weight is 274 g/mol. The van der Waals surface area contributed by atoms with Crippen LogP contribution in [0.15, 0.2) is 30.3 Å². The number of hydrogen-bond acceptors (Lipinski definition) is 4. The summed E-state index contributed by atoms with van der Waals surface area (Å²) in [4.78, 5) is 4.58. The van der Waals surface area contributed by atoms with Gasteiger partial charge in [0.25, 0.3) is 0 Å². The van der Waals surface area contributed by atoms with Gasteiger partial charge in [0.1, 0.15) is 11.9 Å². The number of fused-ring (bicyclic) bond motifs is 1. The normalized spacial score (nSPS) is 12.3. The summed E-state index contributed by atoms with van der Waals surface area (Å²) in [6, 6.07) is 13.7. The lowest BCUT2D eigenvalue weighted by atomic mass is 10.1. The summed E-state index contributed by atoms with van der Waals surface area (Å²) in [5, 5.41) is 21.4. The van der Waals surface area contributed by atoms with Gasteiger partial charge in [-0.2, -0.15) is 10.5 Å². The molecule has 0 saturated carbocycles. The fourth-order valence-electron chi connectivity index (χ4n) is 2.63. The summed E-state index contributed by atoms with van der Waals surface area (Å²) in [5.41, 5.74) is 4.52. The van der Waals surface area contributed by atoms with Crippen molar-refractivity contribution in [3.63, 3.8) is 0 Å². The third-order valence-electron chi connectivity index (χ3n) is 3.69. The molecule has 1 aromatic carbocycles. The van der Waals surface area contributed by atoms with E-state index in [1.54, 1.807) is 6.07 Å². The topological polar surface area (TPSA) is 72.5 Å². The minimum Gasteiger partial charge on any atom is -0.365 e. The van der Waals surface area contributed by atoms with Crippen LogP contribution in [0.1, 0.15) is 34.4 Å². The van der Waals surface area contributed by atoms with Crippen LogP contribution in [-0.2, 0) is 19.4 Å². The van der Waals surface area contributed by atoms with Crippen LogP contribution in [0.4, 0.5) is 5.82 Å². The van der Waals surface area contributed by atoms with E-state index in [-0.39, 0.29) is 0 Å². The number of anilines is 1. The molecule has 0 aliphatic heterocycles. The van der Waals surface area contributed by atoms with Crippen molar-refractivity contribution in [2.75, 3.05) is 5.32 Å². The van der Waals surface area contributed by atoms with Crippen molar-refractivity contribution in [1.82, 2.24) is 4.98 Å². The van der Waals surface area contributed by atoms with Crippen LogP contribution in [0.5, 0.6) is 0 Å². The Morgan fingerprint density at radius 1 is 1.14 bits per heavy atom. The van der Waals surface area contributed by atoms with Crippen molar-refractivity contribution in [3.8, 4) is 12.1 Å². The molecule has 1 aromatic heterocycles. The van der Waals surface area contributed by atoms with Crippen LogP contribution in [-0.4, -0.2) is 4.98 Å². The zero-order valence-electron chi connectivity index (χ0n) is 11.6. The van der Waals surface area contributed by atoms with Crippen molar-refractivity contribution in [2.45, 2.75) is 25.8 Å². The number of aryl methyl sites for hydroxylation is 2. The van der Waals surface area contributed by atoms with Gasteiger partial charge in [-0.25, -0.2) is 4.98 Å². The van der Waals surface area contributed by atoms with E-state index in [0.29, 0.717) is 23.5 Å². The molecular formula is C17H14N4. The molecule has 4 heteroatoms. The smallest absolute Gasteiger partial charge is 0.144 e. The highest BCUT2D eigenvalue weighted by molar-refractivity contribution is 5.55. The molecule has 0 bridgehead atoms. The highest BCUT2D eigenvalue weighted by atomic mass is 15.0. The maximum atomic E-state index is 9.26. The lowest BCUT2D eigenvalue weighted by Crippen LogP contribution is -2.05. The van der Waals surface area contributed by atoms with Gasteiger partial charge in [-0.05, 0) is 48.6 Å². The van der Waals surface area contributed by atoms with Crippen molar-refractivity contribution in [3.05, 3.63) is 58.3 Å². The number of nitrogens with zero attached hydrogens (tertiary/aromatic N) is 3. The summed E-state index contributed by atoms with van der Waals surface area (Å²) in [7, 11) is 0. The van der Waals surface area contributed by atoms with Crippen LogP contribution in [0.25, 0.3) is 0 Å². The van der Waals surface area contributed by atoms with Crippen LogP contribution in [0.3, 0.4) is 0 Å². The van der Waals surface area contributed by atoms with E-state index < -0.39 is 0 Å². The highest BCUT2D eigenvalue weighted by Gasteiger charge is 2.16. The Morgan fingerprint density at radius 3 is 2.86 bits per heavy atom. The van der Waals surface area contributed by atoms with E-state index >= 15 is 0 Å². The van der Waals surface area contributed by atoms with Gasteiger partial charge < -0.3 is 5.32 Å². The molecule has 3 rings (SSSR count). The molecule has 4 nitrogen and oxygen atoms in total. The molecule has 0 amide bonds. The predicted molar refractivity (Wildman–Crippen MR) is 79.5 cm³/mol. The van der Waals surface area contributed by atoms with Gasteiger partial charge in [0.2, 0.25) is 0 Å². The van der Waals surface area contributed by atoms with Gasteiger partial charge in [-0.3, -0.25) is 0 Å². The Labute approximate surface area is 123 Å². The van der Waals surface area contributed by atoms with Crippen LogP contribution in [0.2, 0.25) is 0 Å². The Kier molecular flexibility index (Phi) is 3.53. The Morgan fingerprint density at radius 2 is 2.05 bits per heavy atom. The SMILES string of the molecule is N#Cc1cccc(CNc2nc3c(cc2C#N)CCC3)c1. The third kappa shape index (κ3) is 2.70. The summed E-state index contributed by atoms with van der Waals surface area (Å²) in [5.74, 6) is 0.639. The Balaban J connectivity index is 1.82. The van der Waals surface area contributed by atoms with E-state index in [2.05, 4.69) is 22.4 Å². The summed E-state index contributed by atoms with van der Waals surface area (Å²) in [6.45, 7) is 0.552. The maximum absolute atomic E-state index is 9.26. The van der Waals surface area contributed by atoms with E-state index in [1.165, 1.54) is 5.56 Å². The maximum Gasteiger partial charge on any atom is 0.144 e. The minimum atomic E-state index is 0.552. The second-order valence-electron chi connectivity index (χ2n) is 5.12. The molecule has 0 fully saturated rings. The van der Waals surface area contributed by atoms with Crippen LogP contribution < -0.4 is 5.32 Å². The molecule has 1 aliphatic rings. The lowest BCUT2D eigenvalue weighted by Gasteiger charge is -2.10. The zero-order valence-corrected chi connectivity index (χ0v) is 11.6. The van der Waals surface area contributed by atoms with Gasteiger partial charge in [-0.1, -0.05) is 12.1 Å². The first-order chi connectivity index (χ1) is 10.3. The van der Waals surface area contributed by atoms with Crippen molar-refractivity contribution < 1.29 is 0 Å². The van der Waals surface area contributed by atoms with Crippen LogP contribution >= 0.6 is 0 Å². The van der Waals surface area contributed by atoms with Crippen LogP contribution in [0, 0.1) is 22.7 Å². The molecular weight excluding hydrogens is 260 g/mol. The van der Waals surface area contributed by atoms with E-state index in [4.69, 9.17) is 5.26 Å². The molecule has 0 unspecified atom stereocenters. The first-order valence-electron chi connectivity index (χ1n) is 6.96. The molecule has 2 aromatic rings. The standard InChI is InChI=1S/C17H14N4/c18-9-12-3-1-4-13(7-12)11-20-17-15(10-19)8-14-5-2-6-16(14)21-17/h1,3-4,7-8H,2,5-6,11H2,(H,20,21). The molecule has 1 aliphatic carbocycles. The Bertz CT molecular complexity index is 765. The number of rotatable bonds is 3. The molecule has 1 heterocycles. The number of benzene rings is 1. The van der Waals surface area contributed by atoms with Gasteiger partial charge in [0.05, 0.1) is 17.2 Å². The first kappa shape index (κ1) is 13.1. The largest absolute Gasteiger partial charge is 0.365 e. The van der Waals surface area contributed by atoms with Gasteiger partial charge in [-0.15, -0.1) is 0 Å². The van der Waals surface area contributed by atoms with Gasteiger partial charge >= 0.3 is 0 Å². The van der Waals surface area contributed by atoms with E-state index in [9.17, 15) is 5.26 Å². The molecule has 0 radical (unpaired) electrons. The number of nitrogens with one attached hydrogen (secondary N) is 1. The number of hydrogen-bond donors (Lipinski definition) is 1. The number of aromatic nitrogens is 1. The van der Waals surface area contributed by atoms with Crippen molar-refractivity contribution in [2.24, 2.45) is 0 Å². The average Bonchev–Trinajstić information content (AvgIpc) is 2.99. The van der Waals surface area contributed by atoms with E-state index in [1.807, 2.05) is 24.3 Å². The van der Waals surface area contributed by atoms with Gasteiger partial charge in [0.15, 0.2) is 0 Å². The minimum absolute atomic E-state index is 0.552. The monoisotopic (exact) mass is 274 g/mol.